The average molecular weight is 512 g/mol. The van der Waals surface area contributed by atoms with Crippen molar-refractivity contribution < 1.29 is 9.59 Å². The first-order valence-electron chi connectivity index (χ1n) is 12.3. The van der Waals surface area contributed by atoms with Crippen LogP contribution in [0.4, 0.5) is 10.8 Å². The van der Waals surface area contributed by atoms with Gasteiger partial charge >= 0.3 is 0 Å². The predicted octanol–water partition coefficient (Wildman–Crippen LogP) is 5.14. The Hall–Kier alpha value is -4.01. The molecule has 5 rings (SSSR count). The molecule has 0 saturated heterocycles. The van der Waals surface area contributed by atoms with Crippen LogP contribution in [0.15, 0.2) is 72.8 Å². The first kappa shape index (κ1) is 24.7. The van der Waals surface area contributed by atoms with Gasteiger partial charge in [-0.1, -0.05) is 65.9 Å². The maximum Gasteiger partial charge on any atom is 0.264 e. The van der Waals surface area contributed by atoms with Crippen LogP contribution >= 0.6 is 11.3 Å². The summed E-state index contributed by atoms with van der Waals surface area (Å²) in [6.07, 6.45) is 2.07. The van der Waals surface area contributed by atoms with Crippen LogP contribution in [0, 0.1) is 6.92 Å². The van der Waals surface area contributed by atoms with E-state index in [4.69, 9.17) is 10.7 Å². The smallest absolute Gasteiger partial charge is 0.264 e. The fourth-order valence-corrected chi connectivity index (χ4v) is 4.85. The molecular formula is C29H29N5O2S. The summed E-state index contributed by atoms with van der Waals surface area (Å²) in [4.78, 5) is 31.2. The number of nitrogens with one attached hydrogen (secondary N) is 3. The van der Waals surface area contributed by atoms with E-state index in [1.807, 2.05) is 79.7 Å². The zero-order valence-corrected chi connectivity index (χ0v) is 21.4. The van der Waals surface area contributed by atoms with Gasteiger partial charge in [-0.25, -0.2) is 4.98 Å². The van der Waals surface area contributed by atoms with Gasteiger partial charge in [0.1, 0.15) is 4.88 Å². The second-order valence-corrected chi connectivity index (χ2v) is 10.2. The summed E-state index contributed by atoms with van der Waals surface area (Å²) in [7, 11) is 0. The van der Waals surface area contributed by atoms with Gasteiger partial charge < -0.3 is 21.7 Å². The van der Waals surface area contributed by atoms with E-state index in [2.05, 4.69) is 16.0 Å². The zero-order chi connectivity index (χ0) is 25.8. The van der Waals surface area contributed by atoms with E-state index in [1.165, 1.54) is 11.3 Å². The van der Waals surface area contributed by atoms with E-state index in [0.717, 1.165) is 40.8 Å². The number of hydrogen-bond acceptors (Lipinski definition) is 6. The van der Waals surface area contributed by atoms with Crippen LogP contribution in [0.3, 0.4) is 0 Å². The molecular weight excluding hydrogens is 482 g/mol. The maximum atomic E-state index is 13.3. The molecule has 1 saturated carbocycles. The predicted molar refractivity (Wildman–Crippen MR) is 148 cm³/mol. The Balaban J connectivity index is 1.44. The number of nitrogens with two attached hydrogens (primary N) is 1. The monoisotopic (exact) mass is 511 g/mol. The standard InChI is InChI=1S/C29H29N5O2S/c1-18-10-11-22(27(35)32-23-12-13-23)15-24(18)33-29-34-25(21-9-5-8-20(14-21)16-30)26(37-29)28(36)31-17-19-6-3-2-4-7-19/h2-11,14-15,23H,12-13,16-17,30H2,1H3,(H,31,36)(H,32,35)(H,33,34). The number of amides is 2. The number of hydrogen-bond donors (Lipinski definition) is 4. The minimum absolute atomic E-state index is 0.0787. The molecule has 0 bridgehead atoms. The lowest BCUT2D eigenvalue weighted by atomic mass is 10.1. The second kappa shape index (κ2) is 10.9. The van der Waals surface area contributed by atoms with E-state index < -0.39 is 0 Å². The molecule has 0 aliphatic heterocycles. The minimum atomic E-state index is -0.197. The third kappa shape index (κ3) is 6.04. The summed E-state index contributed by atoms with van der Waals surface area (Å²) in [6, 6.07) is 23.4. The number of thiazole rings is 1. The van der Waals surface area contributed by atoms with Gasteiger partial charge in [-0.2, -0.15) is 0 Å². The van der Waals surface area contributed by atoms with E-state index in [-0.39, 0.29) is 17.9 Å². The SMILES string of the molecule is Cc1ccc(C(=O)NC2CC2)cc1Nc1nc(-c2cccc(CN)c2)c(C(=O)NCc2ccccc2)s1. The Morgan fingerprint density at radius 3 is 2.51 bits per heavy atom. The van der Waals surface area contributed by atoms with Crippen LogP contribution in [-0.2, 0) is 13.1 Å². The summed E-state index contributed by atoms with van der Waals surface area (Å²) in [5.41, 5.74) is 11.6. The molecule has 0 atom stereocenters. The van der Waals surface area contributed by atoms with Crippen molar-refractivity contribution in [2.24, 2.45) is 5.73 Å². The lowest BCUT2D eigenvalue weighted by Crippen LogP contribution is -2.25. The van der Waals surface area contributed by atoms with E-state index in [0.29, 0.717) is 34.4 Å². The molecule has 1 aromatic heterocycles. The van der Waals surface area contributed by atoms with Crippen molar-refractivity contribution >= 4 is 34.0 Å². The molecule has 4 aromatic rings. The third-order valence-corrected chi connectivity index (χ3v) is 7.19. The molecule has 2 amide bonds. The van der Waals surface area contributed by atoms with Gasteiger partial charge in [0.05, 0.1) is 5.69 Å². The Bertz CT molecular complexity index is 1430. The minimum Gasteiger partial charge on any atom is -0.349 e. The molecule has 37 heavy (non-hydrogen) atoms. The molecule has 1 heterocycles. The number of aryl methyl sites for hydroxylation is 1. The Labute approximate surface area is 220 Å². The van der Waals surface area contributed by atoms with E-state index in [9.17, 15) is 9.59 Å². The highest BCUT2D eigenvalue weighted by molar-refractivity contribution is 7.18. The van der Waals surface area contributed by atoms with Gasteiger partial charge in [0.25, 0.3) is 11.8 Å². The molecule has 8 heteroatoms. The number of aromatic nitrogens is 1. The molecule has 0 spiro atoms. The van der Waals surface area contributed by atoms with Gasteiger partial charge in [-0.05, 0) is 54.7 Å². The van der Waals surface area contributed by atoms with Crippen LogP contribution in [-0.4, -0.2) is 22.8 Å². The van der Waals surface area contributed by atoms with Crippen molar-refractivity contribution in [1.82, 2.24) is 15.6 Å². The highest BCUT2D eigenvalue weighted by atomic mass is 32.1. The maximum absolute atomic E-state index is 13.3. The van der Waals surface area contributed by atoms with Crippen LogP contribution in [0.5, 0.6) is 0 Å². The summed E-state index contributed by atoms with van der Waals surface area (Å²) in [6.45, 7) is 2.78. The largest absolute Gasteiger partial charge is 0.349 e. The molecule has 1 fully saturated rings. The lowest BCUT2D eigenvalue weighted by molar-refractivity contribution is 0.0944. The first-order chi connectivity index (χ1) is 18.0. The zero-order valence-electron chi connectivity index (χ0n) is 20.6. The van der Waals surface area contributed by atoms with Gasteiger partial charge in [0, 0.05) is 35.9 Å². The number of carbonyl (C=O) groups is 2. The number of benzene rings is 3. The van der Waals surface area contributed by atoms with E-state index >= 15 is 0 Å². The fraction of sp³-hybridized carbons (Fsp3) is 0.207. The normalized spacial score (nSPS) is 12.7. The van der Waals surface area contributed by atoms with Gasteiger partial charge in [-0.3, -0.25) is 9.59 Å². The van der Waals surface area contributed by atoms with Crippen molar-refractivity contribution in [3.8, 4) is 11.3 Å². The molecule has 0 unspecified atom stereocenters. The van der Waals surface area contributed by atoms with E-state index in [1.54, 1.807) is 0 Å². The second-order valence-electron chi connectivity index (χ2n) is 9.17. The molecule has 7 nitrogen and oxygen atoms in total. The quantitative estimate of drug-likeness (QED) is 0.249. The Kier molecular flexibility index (Phi) is 7.30. The highest BCUT2D eigenvalue weighted by Crippen LogP contribution is 2.34. The van der Waals surface area contributed by atoms with Crippen LogP contribution in [0.25, 0.3) is 11.3 Å². The molecule has 0 radical (unpaired) electrons. The van der Waals surface area contributed by atoms with Crippen molar-refractivity contribution in [2.75, 3.05) is 5.32 Å². The highest BCUT2D eigenvalue weighted by Gasteiger charge is 2.24. The first-order valence-corrected chi connectivity index (χ1v) is 13.1. The Morgan fingerprint density at radius 1 is 0.973 bits per heavy atom. The van der Waals surface area contributed by atoms with Gasteiger partial charge in [-0.15, -0.1) is 0 Å². The number of carbonyl (C=O) groups excluding carboxylic acids is 2. The lowest BCUT2D eigenvalue weighted by Gasteiger charge is -2.10. The van der Waals surface area contributed by atoms with Crippen molar-refractivity contribution in [3.05, 3.63) is 99.9 Å². The summed E-state index contributed by atoms with van der Waals surface area (Å²) >= 11 is 1.28. The molecule has 1 aliphatic rings. The molecule has 5 N–H and O–H groups in total. The molecule has 188 valence electrons. The van der Waals surface area contributed by atoms with Crippen molar-refractivity contribution in [1.29, 1.82) is 0 Å². The van der Waals surface area contributed by atoms with Crippen LogP contribution in [0.2, 0.25) is 0 Å². The van der Waals surface area contributed by atoms with Gasteiger partial charge in [0.2, 0.25) is 0 Å². The fourth-order valence-electron chi connectivity index (χ4n) is 3.94. The number of anilines is 2. The van der Waals surface area contributed by atoms with Crippen LogP contribution < -0.4 is 21.7 Å². The summed E-state index contributed by atoms with van der Waals surface area (Å²) in [5.74, 6) is -0.276. The Morgan fingerprint density at radius 2 is 1.76 bits per heavy atom. The van der Waals surface area contributed by atoms with Crippen molar-refractivity contribution in [3.63, 3.8) is 0 Å². The average Bonchev–Trinajstić information content (AvgIpc) is 3.64. The van der Waals surface area contributed by atoms with Crippen molar-refractivity contribution in [2.45, 2.75) is 38.9 Å². The molecule has 1 aliphatic carbocycles. The van der Waals surface area contributed by atoms with Crippen LogP contribution in [0.1, 0.15) is 49.6 Å². The van der Waals surface area contributed by atoms with Gasteiger partial charge in [0.15, 0.2) is 5.13 Å². The topological polar surface area (TPSA) is 109 Å². The number of nitrogens with zero attached hydrogens (tertiary/aromatic N) is 1. The molecule has 3 aromatic carbocycles. The number of rotatable bonds is 9. The summed E-state index contributed by atoms with van der Waals surface area (Å²) in [5, 5.41) is 9.96. The summed E-state index contributed by atoms with van der Waals surface area (Å²) < 4.78 is 0. The third-order valence-electron chi connectivity index (χ3n) is 6.22.